The van der Waals surface area contributed by atoms with E-state index in [1.807, 2.05) is 22.6 Å². The lowest BCUT2D eigenvalue weighted by molar-refractivity contribution is 0.0489. The summed E-state index contributed by atoms with van der Waals surface area (Å²) in [6.07, 6.45) is 2.15. The number of piperazine rings is 1. The molecule has 3 heterocycles. The van der Waals surface area contributed by atoms with E-state index in [0.29, 0.717) is 17.8 Å². The van der Waals surface area contributed by atoms with E-state index in [1.54, 1.807) is 0 Å². The van der Waals surface area contributed by atoms with Crippen LogP contribution in [-0.2, 0) is 6.54 Å². The number of nitrogens with one attached hydrogen (secondary N) is 1. The van der Waals surface area contributed by atoms with Crippen LogP contribution in [0.5, 0.6) is 0 Å². The van der Waals surface area contributed by atoms with Gasteiger partial charge >= 0.3 is 0 Å². The molecule has 0 aromatic carbocycles. The van der Waals surface area contributed by atoms with E-state index in [9.17, 15) is 4.79 Å². The molecule has 1 saturated heterocycles. The number of aromatic amines is 1. The van der Waals surface area contributed by atoms with Crippen molar-refractivity contribution in [3.8, 4) is 0 Å². The van der Waals surface area contributed by atoms with E-state index in [4.69, 9.17) is 0 Å². The smallest absolute Gasteiger partial charge is 0.274 e. The molecule has 1 N–H and O–H groups in total. The quantitative estimate of drug-likeness (QED) is 0.923. The summed E-state index contributed by atoms with van der Waals surface area (Å²) in [5.41, 5.74) is 3.77. The molecule has 1 amide bonds. The average Bonchev–Trinajstić information content (AvgIpc) is 3.15. The van der Waals surface area contributed by atoms with Crippen molar-refractivity contribution in [2.24, 2.45) is 0 Å². The maximum absolute atomic E-state index is 12.6. The summed E-state index contributed by atoms with van der Waals surface area (Å²) in [7, 11) is 0. The Morgan fingerprint density at radius 2 is 2.12 bits per heavy atom. The van der Waals surface area contributed by atoms with E-state index in [0.717, 1.165) is 37.6 Å². The summed E-state index contributed by atoms with van der Waals surface area (Å²) in [5.74, 6) is 0.0136. The third-order valence-corrected chi connectivity index (χ3v) is 4.90. The second-order valence-electron chi connectivity index (χ2n) is 7.32. The monoisotopic (exact) mass is 344 g/mol. The third kappa shape index (κ3) is 3.76. The fourth-order valence-corrected chi connectivity index (χ4v) is 3.26. The molecule has 2 aromatic rings. The first-order valence-electron chi connectivity index (χ1n) is 8.95. The summed E-state index contributed by atoms with van der Waals surface area (Å²) in [5, 5.41) is 11.5. The van der Waals surface area contributed by atoms with Crippen LogP contribution in [0.4, 0.5) is 0 Å². The van der Waals surface area contributed by atoms with Gasteiger partial charge < -0.3 is 4.90 Å². The summed E-state index contributed by atoms with van der Waals surface area (Å²) in [6, 6.07) is 2.49. The van der Waals surface area contributed by atoms with Crippen molar-refractivity contribution in [1.82, 2.24) is 29.8 Å². The van der Waals surface area contributed by atoms with Crippen molar-refractivity contribution in [3.63, 3.8) is 0 Å². The zero-order valence-electron chi connectivity index (χ0n) is 15.8. The van der Waals surface area contributed by atoms with Gasteiger partial charge in [0.15, 0.2) is 0 Å². The molecule has 3 rings (SSSR count). The lowest BCUT2D eigenvalue weighted by Crippen LogP contribution is -2.53. The van der Waals surface area contributed by atoms with Gasteiger partial charge in [-0.05, 0) is 40.7 Å². The normalized spacial score (nSPS) is 19.0. The van der Waals surface area contributed by atoms with Crippen LogP contribution in [0.2, 0.25) is 0 Å². The number of nitrogens with zero attached hydrogens (tertiary/aromatic N) is 5. The highest BCUT2D eigenvalue weighted by Crippen LogP contribution is 2.18. The molecule has 7 heteroatoms. The number of rotatable bonds is 4. The van der Waals surface area contributed by atoms with Gasteiger partial charge in [-0.15, -0.1) is 0 Å². The van der Waals surface area contributed by atoms with E-state index >= 15 is 0 Å². The van der Waals surface area contributed by atoms with Gasteiger partial charge in [0.1, 0.15) is 5.69 Å². The first kappa shape index (κ1) is 17.7. The Morgan fingerprint density at radius 1 is 1.36 bits per heavy atom. The lowest BCUT2D eigenvalue weighted by atomic mass is 10.1. The van der Waals surface area contributed by atoms with Crippen LogP contribution in [0.15, 0.2) is 12.3 Å². The predicted molar refractivity (Wildman–Crippen MR) is 96.4 cm³/mol. The molecule has 136 valence electrons. The number of hydrogen-bond donors (Lipinski definition) is 1. The molecule has 0 saturated carbocycles. The van der Waals surface area contributed by atoms with E-state index < -0.39 is 0 Å². The standard InChI is InChI=1S/C18H28N6O/c1-12(2)24-11-16(15(5)21-24)10-22-6-7-23(9-14(22)4)18(25)17-8-13(3)19-20-17/h8,11-12,14H,6-7,9-10H2,1-5H3,(H,19,20)/t14-/m1/s1. The maximum atomic E-state index is 12.6. The molecular formula is C18H28N6O. The van der Waals surface area contributed by atoms with Gasteiger partial charge in [-0.25, -0.2) is 0 Å². The highest BCUT2D eigenvalue weighted by Gasteiger charge is 2.28. The molecule has 1 aliphatic heterocycles. The highest BCUT2D eigenvalue weighted by molar-refractivity contribution is 5.92. The SMILES string of the molecule is Cc1cc(C(=O)N2CCN(Cc3cn(C(C)C)nc3C)[C@H](C)C2)n[nH]1. The Labute approximate surface area is 149 Å². The summed E-state index contributed by atoms with van der Waals surface area (Å²) in [4.78, 5) is 16.9. The van der Waals surface area contributed by atoms with E-state index in [-0.39, 0.29) is 5.91 Å². The van der Waals surface area contributed by atoms with Crippen molar-refractivity contribution in [1.29, 1.82) is 0 Å². The van der Waals surface area contributed by atoms with E-state index in [1.165, 1.54) is 5.56 Å². The minimum atomic E-state index is 0.0136. The van der Waals surface area contributed by atoms with Crippen molar-refractivity contribution < 1.29 is 4.79 Å². The minimum absolute atomic E-state index is 0.0136. The number of aryl methyl sites for hydroxylation is 2. The van der Waals surface area contributed by atoms with Crippen molar-refractivity contribution in [2.75, 3.05) is 19.6 Å². The second-order valence-corrected chi connectivity index (χ2v) is 7.32. The third-order valence-electron chi connectivity index (χ3n) is 4.90. The minimum Gasteiger partial charge on any atom is -0.334 e. The number of hydrogen-bond acceptors (Lipinski definition) is 4. The highest BCUT2D eigenvalue weighted by atomic mass is 16.2. The largest absolute Gasteiger partial charge is 0.334 e. The topological polar surface area (TPSA) is 70.1 Å². The predicted octanol–water partition coefficient (Wildman–Crippen LogP) is 2.15. The zero-order valence-corrected chi connectivity index (χ0v) is 15.8. The van der Waals surface area contributed by atoms with Crippen LogP contribution in [0.1, 0.15) is 54.3 Å². The van der Waals surface area contributed by atoms with Crippen molar-refractivity contribution in [2.45, 2.75) is 53.2 Å². The summed E-state index contributed by atoms with van der Waals surface area (Å²) in [6.45, 7) is 13.6. The first-order valence-corrected chi connectivity index (χ1v) is 8.95. The molecule has 2 aromatic heterocycles. The molecule has 0 radical (unpaired) electrons. The average molecular weight is 344 g/mol. The van der Waals surface area contributed by atoms with Crippen LogP contribution in [0.3, 0.4) is 0 Å². The van der Waals surface area contributed by atoms with Gasteiger partial charge in [-0.3, -0.25) is 19.5 Å². The lowest BCUT2D eigenvalue weighted by Gasteiger charge is -2.39. The zero-order chi connectivity index (χ0) is 18.1. The van der Waals surface area contributed by atoms with Gasteiger partial charge in [0, 0.05) is 55.7 Å². The number of aromatic nitrogens is 4. The Balaban J connectivity index is 1.63. The number of H-pyrrole nitrogens is 1. The first-order chi connectivity index (χ1) is 11.8. The summed E-state index contributed by atoms with van der Waals surface area (Å²) < 4.78 is 2.02. The molecule has 1 aliphatic rings. The van der Waals surface area contributed by atoms with Crippen molar-refractivity contribution in [3.05, 3.63) is 34.9 Å². The molecule has 7 nitrogen and oxygen atoms in total. The Kier molecular flexibility index (Phi) is 4.94. The molecule has 1 atom stereocenters. The fourth-order valence-electron chi connectivity index (χ4n) is 3.26. The maximum Gasteiger partial charge on any atom is 0.274 e. The molecular weight excluding hydrogens is 316 g/mol. The van der Waals surface area contributed by atoms with E-state index in [2.05, 4.69) is 54.1 Å². The van der Waals surface area contributed by atoms with Crippen LogP contribution in [-0.4, -0.2) is 61.4 Å². The Bertz CT molecular complexity index is 747. The van der Waals surface area contributed by atoms with Gasteiger partial charge in [0.25, 0.3) is 5.91 Å². The van der Waals surface area contributed by atoms with Crippen molar-refractivity contribution >= 4 is 5.91 Å². The van der Waals surface area contributed by atoms with Gasteiger partial charge in [0.2, 0.25) is 0 Å². The van der Waals surface area contributed by atoms with Gasteiger partial charge in [0.05, 0.1) is 5.69 Å². The van der Waals surface area contributed by atoms with Crippen LogP contribution < -0.4 is 0 Å². The number of carbonyl (C=O) groups excluding carboxylic acids is 1. The molecule has 1 fully saturated rings. The summed E-state index contributed by atoms with van der Waals surface area (Å²) >= 11 is 0. The fraction of sp³-hybridized carbons (Fsp3) is 0.611. The molecule has 0 aliphatic carbocycles. The molecule has 0 unspecified atom stereocenters. The van der Waals surface area contributed by atoms with Gasteiger partial charge in [-0.2, -0.15) is 10.2 Å². The van der Waals surface area contributed by atoms with Crippen LogP contribution >= 0.6 is 0 Å². The van der Waals surface area contributed by atoms with Crippen LogP contribution in [0, 0.1) is 13.8 Å². The second kappa shape index (κ2) is 7.00. The molecule has 0 bridgehead atoms. The molecule has 25 heavy (non-hydrogen) atoms. The van der Waals surface area contributed by atoms with Crippen LogP contribution in [0.25, 0.3) is 0 Å². The Morgan fingerprint density at radius 3 is 2.68 bits per heavy atom. The number of amides is 1. The number of carbonyl (C=O) groups is 1. The Hall–Kier alpha value is -2.15. The molecule has 0 spiro atoms. The van der Waals surface area contributed by atoms with Gasteiger partial charge in [-0.1, -0.05) is 0 Å².